The van der Waals surface area contributed by atoms with Gasteiger partial charge in [0.2, 0.25) is 5.78 Å². The topological polar surface area (TPSA) is 42.2 Å². The number of aromatic nitrogens is 3. The Bertz CT molecular complexity index is 723. The molecule has 0 radical (unpaired) electrons. The predicted molar refractivity (Wildman–Crippen MR) is 81.8 cm³/mol. The Hall–Kier alpha value is -2.36. The van der Waals surface area contributed by atoms with Gasteiger partial charge in [-0.15, -0.1) is 0 Å². The van der Waals surface area contributed by atoms with Gasteiger partial charge < -0.3 is 5.32 Å². The Balaban J connectivity index is 2.23. The van der Waals surface area contributed by atoms with Crippen LogP contribution in [0.4, 0.5) is 5.82 Å². The van der Waals surface area contributed by atoms with Gasteiger partial charge in [-0.05, 0) is 26.8 Å². The first kappa shape index (κ1) is 12.7. The molecule has 0 fully saturated rings. The molecule has 1 N–H and O–H groups in total. The summed E-state index contributed by atoms with van der Waals surface area (Å²) >= 11 is 0. The van der Waals surface area contributed by atoms with Crippen molar-refractivity contribution < 1.29 is 0 Å². The fourth-order valence-corrected chi connectivity index (χ4v) is 2.16. The summed E-state index contributed by atoms with van der Waals surface area (Å²) < 4.78 is 1.99. The third kappa shape index (κ3) is 2.37. The van der Waals surface area contributed by atoms with E-state index in [-0.39, 0.29) is 5.54 Å². The lowest BCUT2D eigenvalue weighted by Gasteiger charge is -2.22. The van der Waals surface area contributed by atoms with Crippen LogP contribution in [0.25, 0.3) is 17.0 Å². The summed E-state index contributed by atoms with van der Waals surface area (Å²) in [6.07, 6.45) is 3.74. The molecule has 3 aromatic rings. The molecule has 0 unspecified atom stereocenters. The summed E-state index contributed by atoms with van der Waals surface area (Å²) in [6, 6.07) is 12.1. The lowest BCUT2D eigenvalue weighted by Crippen LogP contribution is -2.27. The zero-order chi connectivity index (χ0) is 14.2. The van der Waals surface area contributed by atoms with Crippen molar-refractivity contribution in [3.8, 4) is 11.3 Å². The van der Waals surface area contributed by atoms with E-state index in [1.807, 2.05) is 34.9 Å². The van der Waals surface area contributed by atoms with E-state index in [1.54, 1.807) is 6.20 Å². The van der Waals surface area contributed by atoms with Gasteiger partial charge in [-0.25, -0.2) is 9.97 Å². The van der Waals surface area contributed by atoms with E-state index in [9.17, 15) is 0 Å². The van der Waals surface area contributed by atoms with E-state index in [1.165, 1.54) is 0 Å². The van der Waals surface area contributed by atoms with Crippen molar-refractivity contribution in [2.75, 3.05) is 5.32 Å². The number of anilines is 1. The normalized spacial score (nSPS) is 11.8. The second-order valence-corrected chi connectivity index (χ2v) is 5.84. The van der Waals surface area contributed by atoms with Gasteiger partial charge >= 0.3 is 0 Å². The summed E-state index contributed by atoms with van der Waals surface area (Å²) in [5.41, 5.74) is 1.97. The van der Waals surface area contributed by atoms with E-state index in [0.29, 0.717) is 5.78 Å². The van der Waals surface area contributed by atoms with Gasteiger partial charge in [0.05, 0.1) is 0 Å². The molecule has 4 nitrogen and oxygen atoms in total. The maximum atomic E-state index is 4.66. The Kier molecular flexibility index (Phi) is 2.93. The monoisotopic (exact) mass is 266 g/mol. The van der Waals surface area contributed by atoms with Crippen LogP contribution >= 0.6 is 0 Å². The maximum absolute atomic E-state index is 4.66. The van der Waals surface area contributed by atoms with Crippen molar-refractivity contribution in [1.82, 2.24) is 14.4 Å². The molecule has 102 valence electrons. The van der Waals surface area contributed by atoms with Crippen LogP contribution in [0.5, 0.6) is 0 Å². The van der Waals surface area contributed by atoms with Gasteiger partial charge in [0.15, 0.2) is 0 Å². The molecule has 1 aromatic carbocycles. The van der Waals surface area contributed by atoms with E-state index >= 15 is 0 Å². The average Bonchev–Trinajstić information content (AvgIpc) is 2.77. The Morgan fingerprint density at radius 1 is 1.05 bits per heavy atom. The van der Waals surface area contributed by atoms with Crippen molar-refractivity contribution in [3.05, 3.63) is 48.8 Å². The highest BCUT2D eigenvalue weighted by Gasteiger charge is 2.19. The number of imidazole rings is 1. The number of rotatable bonds is 2. The third-order valence-electron chi connectivity index (χ3n) is 2.94. The molecule has 0 aliphatic rings. The van der Waals surface area contributed by atoms with Gasteiger partial charge in [0, 0.05) is 23.5 Å². The standard InChI is InChI=1S/C16H18N4/c1-16(2,3)19-14-13(12-8-5-4-6-9-12)18-15-17-10-7-11-20(14)15/h4-11,19H,1-3H3. The highest BCUT2D eigenvalue weighted by Crippen LogP contribution is 2.29. The molecule has 20 heavy (non-hydrogen) atoms. The maximum Gasteiger partial charge on any atom is 0.235 e. The van der Waals surface area contributed by atoms with Crippen molar-refractivity contribution in [1.29, 1.82) is 0 Å². The molecule has 3 rings (SSSR count). The molecule has 2 heterocycles. The first-order valence-corrected chi connectivity index (χ1v) is 6.71. The van der Waals surface area contributed by atoms with E-state index in [4.69, 9.17) is 0 Å². The van der Waals surface area contributed by atoms with Gasteiger partial charge in [-0.3, -0.25) is 4.40 Å². The van der Waals surface area contributed by atoms with Crippen molar-refractivity contribution in [2.24, 2.45) is 0 Å². The number of nitrogens with one attached hydrogen (secondary N) is 1. The number of benzene rings is 1. The first-order valence-electron chi connectivity index (χ1n) is 6.71. The largest absolute Gasteiger partial charge is 0.365 e. The number of hydrogen-bond acceptors (Lipinski definition) is 3. The van der Waals surface area contributed by atoms with Crippen LogP contribution < -0.4 is 5.32 Å². The highest BCUT2D eigenvalue weighted by molar-refractivity contribution is 5.75. The minimum Gasteiger partial charge on any atom is -0.365 e. The highest BCUT2D eigenvalue weighted by atomic mass is 15.2. The van der Waals surface area contributed by atoms with Crippen LogP contribution in [0.2, 0.25) is 0 Å². The van der Waals surface area contributed by atoms with Crippen LogP contribution in [0.15, 0.2) is 48.8 Å². The lowest BCUT2D eigenvalue weighted by molar-refractivity contribution is 0.629. The lowest BCUT2D eigenvalue weighted by atomic mass is 10.1. The summed E-state index contributed by atoms with van der Waals surface area (Å²) in [5.74, 6) is 1.69. The minimum atomic E-state index is -0.0463. The molecular weight excluding hydrogens is 248 g/mol. The molecule has 0 saturated heterocycles. The molecule has 0 spiro atoms. The van der Waals surface area contributed by atoms with E-state index in [0.717, 1.165) is 17.1 Å². The fourth-order valence-electron chi connectivity index (χ4n) is 2.16. The molecule has 0 aliphatic heterocycles. The summed E-state index contributed by atoms with van der Waals surface area (Å²) in [4.78, 5) is 8.99. The minimum absolute atomic E-state index is 0.0463. The number of hydrogen-bond donors (Lipinski definition) is 1. The SMILES string of the molecule is CC(C)(C)Nc1c(-c2ccccc2)nc2ncccn12. The van der Waals surface area contributed by atoms with Crippen LogP contribution in [0.3, 0.4) is 0 Å². The molecule has 0 saturated carbocycles. The smallest absolute Gasteiger partial charge is 0.235 e. The summed E-state index contributed by atoms with van der Waals surface area (Å²) in [7, 11) is 0. The molecule has 2 aromatic heterocycles. The van der Waals surface area contributed by atoms with Crippen molar-refractivity contribution >= 4 is 11.6 Å². The number of fused-ring (bicyclic) bond motifs is 1. The van der Waals surface area contributed by atoms with Gasteiger partial charge in [0.25, 0.3) is 0 Å². The molecular formula is C16H18N4. The zero-order valence-electron chi connectivity index (χ0n) is 12.0. The van der Waals surface area contributed by atoms with Crippen LogP contribution in [0, 0.1) is 0 Å². The fraction of sp³-hybridized carbons (Fsp3) is 0.250. The van der Waals surface area contributed by atoms with Crippen molar-refractivity contribution in [3.63, 3.8) is 0 Å². The first-order chi connectivity index (χ1) is 9.54. The molecule has 0 amide bonds. The predicted octanol–water partition coefficient (Wildman–Crippen LogP) is 3.61. The second kappa shape index (κ2) is 4.63. The van der Waals surface area contributed by atoms with Crippen molar-refractivity contribution in [2.45, 2.75) is 26.3 Å². The molecule has 0 atom stereocenters. The van der Waals surface area contributed by atoms with Crippen LogP contribution in [-0.2, 0) is 0 Å². The van der Waals surface area contributed by atoms with Crippen LogP contribution in [-0.4, -0.2) is 19.9 Å². The van der Waals surface area contributed by atoms with E-state index < -0.39 is 0 Å². The summed E-state index contributed by atoms with van der Waals surface area (Å²) in [6.45, 7) is 6.41. The average molecular weight is 266 g/mol. The van der Waals surface area contributed by atoms with Crippen LogP contribution in [0.1, 0.15) is 20.8 Å². The second-order valence-electron chi connectivity index (χ2n) is 5.84. The third-order valence-corrected chi connectivity index (χ3v) is 2.94. The molecule has 0 aliphatic carbocycles. The Morgan fingerprint density at radius 2 is 1.80 bits per heavy atom. The van der Waals surface area contributed by atoms with Gasteiger partial charge in [-0.1, -0.05) is 30.3 Å². The van der Waals surface area contributed by atoms with Gasteiger partial charge in [-0.2, -0.15) is 0 Å². The molecule has 0 bridgehead atoms. The summed E-state index contributed by atoms with van der Waals surface area (Å²) in [5, 5.41) is 3.53. The van der Waals surface area contributed by atoms with E-state index in [2.05, 4.69) is 48.2 Å². The Labute approximate surface area is 118 Å². The molecule has 4 heteroatoms. The quantitative estimate of drug-likeness (QED) is 0.770. The Morgan fingerprint density at radius 3 is 2.50 bits per heavy atom. The number of nitrogens with zero attached hydrogens (tertiary/aromatic N) is 3. The zero-order valence-corrected chi connectivity index (χ0v) is 12.0. The van der Waals surface area contributed by atoms with Gasteiger partial charge in [0.1, 0.15) is 11.5 Å².